The maximum absolute atomic E-state index is 2.74. The van der Waals surface area contributed by atoms with E-state index in [1.807, 2.05) is 0 Å². The molecule has 0 amide bonds. The van der Waals surface area contributed by atoms with E-state index in [1.54, 1.807) is 5.57 Å². The summed E-state index contributed by atoms with van der Waals surface area (Å²) in [6.07, 6.45) is 19.6. The lowest BCUT2D eigenvalue weighted by atomic mass is 9.57. The Balaban J connectivity index is 1.69. The molecular weight excluding hydrogens is 340 g/mol. The molecule has 1 fully saturated rings. The van der Waals surface area contributed by atoms with E-state index in [9.17, 15) is 0 Å². The number of unbranched alkanes of at least 4 members (excludes halogenated alkanes) is 9. The van der Waals surface area contributed by atoms with Crippen LogP contribution in [0.4, 0.5) is 0 Å². The molecule has 1 aliphatic carbocycles. The van der Waals surface area contributed by atoms with Gasteiger partial charge in [-0.15, -0.1) is 0 Å². The van der Waals surface area contributed by atoms with Crippen molar-refractivity contribution in [2.45, 2.75) is 111 Å². The molecule has 0 saturated heterocycles. The first-order chi connectivity index (χ1) is 13.3. The summed E-state index contributed by atoms with van der Waals surface area (Å²) in [5.41, 5.74) is 2.44. The zero-order chi connectivity index (χ0) is 20.6. The Bertz CT molecular complexity index is 479. The van der Waals surface area contributed by atoms with Gasteiger partial charge in [0.1, 0.15) is 0 Å². The highest BCUT2D eigenvalue weighted by Crippen LogP contribution is 2.53. The molecule has 164 valence electrons. The van der Waals surface area contributed by atoms with Crippen molar-refractivity contribution in [2.24, 2.45) is 10.8 Å². The van der Waals surface area contributed by atoms with Gasteiger partial charge < -0.3 is 4.90 Å². The Morgan fingerprint density at radius 2 is 1.50 bits per heavy atom. The van der Waals surface area contributed by atoms with Crippen molar-refractivity contribution in [1.82, 2.24) is 9.80 Å². The van der Waals surface area contributed by atoms with Crippen LogP contribution in [-0.2, 0) is 0 Å². The predicted octanol–water partition coefficient (Wildman–Crippen LogP) is 6.91. The second-order valence-corrected chi connectivity index (χ2v) is 10.8. The fourth-order valence-corrected chi connectivity index (χ4v) is 6.26. The van der Waals surface area contributed by atoms with Gasteiger partial charge in [0.25, 0.3) is 0 Å². The van der Waals surface area contributed by atoms with E-state index in [2.05, 4.69) is 57.7 Å². The zero-order valence-electron chi connectivity index (χ0n) is 20.2. The van der Waals surface area contributed by atoms with Crippen LogP contribution in [0, 0.1) is 10.8 Å². The van der Waals surface area contributed by atoms with Crippen LogP contribution >= 0.6 is 0 Å². The van der Waals surface area contributed by atoms with Gasteiger partial charge in [-0.05, 0) is 39.9 Å². The molecule has 0 N–H and O–H groups in total. The van der Waals surface area contributed by atoms with Gasteiger partial charge in [-0.1, -0.05) is 97.1 Å². The molecule has 0 bridgehead atoms. The summed E-state index contributed by atoms with van der Waals surface area (Å²) in [5.74, 6) is 0. The Hall–Kier alpha value is -0.340. The number of rotatable bonds is 12. The third kappa shape index (κ3) is 6.33. The van der Waals surface area contributed by atoms with E-state index in [-0.39, 0.29) is 0 Å². The molecule has 1 aliphatic heterocycles. The highest BCUT2D eigenvalue weighted by molar-refractivity contribution is 5.29. The molecule has 1 heterocycles. The summed E-state index contributed by atoms with van der Waals surface area (Å²) in [6, 6.07) is 0.681. The standard InChI is InChI=1S/C26H50N2/c1-7-8-9-10-11-12-13-14-15-16-20-28-21-18-23-25(2,3)24(27(5)6)17-19-26(23,4)22-28/h18,24H,7-17,19-22H2,1-6H3/t24-,26+/m0/s1. The summed E-state index contributed by atoms with van der Waals surface area (Å²) < 4.78 is 0. The van der Waals surface area contributed by atoms with Gasteiger partial charge in [0.05, 0.1) is 0 Å². The van der Waals surface area contributed by atoms with Crippen molar-refractivity contribution >= 4 is 0 Å². The van der Waals surface area contributed by atoms with Crippen LogP contribution < -0.4 is 0 Å². The Labute approximate surface area is 177 Å². The van der Waals surface area contributed by atoms with Crippen LogP contribution in [0.1, 0.15) is 105 Å². The van der Waals surface area contributed by atoms with Crippen molar-refractivity contribution in [3.8, 4) is 0 Å². The fourth-order valence-electron chi connectivity index (χ4n) is 6.26. The molecule has 2 heteroatoms. The lowest BCUT2D eigenvalue weighted by Gasteiger charge is -2.55. The van der Waals surface area contributed by atoms with Crippen molar-refractivity contribution in [2.75, 3.05) is 33.7 Å². The fraction of sp³-hybridized carbons (Fsp3) is 0.923. The first kappa shape index (κ1) is 23.9. The van der Waals surface area contributed by atoms with Gasteiger partial charge in [0, 0.05) is 30.0 Å². The van der Waals surface area contributed by atoms with E-state index in [0.29, 0.717) is 16.9 Å². The van der Waals surface area contributed by atoms with Crippen LogP contribution in [0.2, 0.25) is 0 Å². The molecule has 0 aromatic rings. The van der Waals surface area contributed by atoms with Crippen LogP contribution in [0.25, 0.3) is 0 Å². The largest absolute Gasteiger partial charge is 0.306 e. The van der Waals surface area contributed by atoms with Crippen molar-refractivity contribution in [3.05, 3.63) is 11.6 Å². The molecule has 2 rings (SSSR count). The number of hydrogen-bond acceptors (Lipinski definition) is 2. The van der Waals surface area contributed by atoms with Crippen molar-refractivity contribution in [3.63, 3.8) is 0 Å². The summed E-state index contributed by atoms with van der Waals surface area (Å²) >= 11 is 0. The molecule has 0 unspecified atom stereocenters. The van der Waals surface area contributed by atoms with E-state index < -0.39 is 0 Å². The normalized spacial score (nSPS) is 27.7. The van der Waals surface area contributed by atoms with E-state index in [1.165, 1.54) is 96.7 Å². The quantitative estimate of drug-likeness (QED) is 0.264. The van der Waals surface area contributed by atoms with Gasteiger partial charge in [0.15, 0.2) is 0 Å². The van der Waals surface area contributed by atoms with Crippen LogP contribution in [-0.4, -0.2) is 49.6 Å². The van der Waals surface area contributed by atoms with Crippen LogP contribution in [0.3, 0.4) is 0 Å². The average molecular weight is 391 g/mol. The van der Waals surface area contributed by atoms with Gasteiger partial charge in [-0.25, -0.2) is 0 Å². The van der Waals surface area contributed by atoms with E-state index in [0.717, 1.165) is 0 Å². The maximum atomic E-state index is 2.74. The monoisotopic (exact) mass is 390 g/mol. The molecule has 2 atom stereocenters. The van der Waals surface area contributed by atoms with Crippen molar-refractivity contribution in [1.29, 1.82) is 0 Å². The summed E-state index contributed by atoms with van der Waals surface area (Å²) in [6.45, 7) is 13.6. The summed E-state index contributed by atoms with van der Waals surface area (Å²) in [7, 11) is 4.52. The maximum Gasteiger partial charge on any atom is 0.0178 e. The molecule has 2 aliphatic rings. The highest BCUT2D eigenvalue weighted by Gasteiger charge is 2.49. The first-order valence-electron chi connectivity index (χ1n) is 12.4. The average Bonchev–Trinajstić information content (AvgIpc) is 2.62. The molecular formula is C26H50N2. The summed E-state index contributed by atoms with van der Waals surface area (Å²) in [4.78, 5) is 5.19. The number of nitrogens with zero attached hydrogens (tertiary/aromatic N) is 2. The Morgan fingerprint density at radius 3 is 2.07 bits per heavy atom. The van der Waals surface area contributed by atoms with Crippen LogP contribution in [0.5, 0.6) is 0 Å². The Morgan fingerprint density at radius 1 is 0.929 bits per heavy atom. The lowest BCUT2D eigenvalue weighted by molar-refractivity contribution is 0.0495. The Kier molecular flexibility index (Phi) is 9.54. The SMILES string of the molecule is CCCCCCCCCCCCN1CC=C2C(C)(C)[C@@H](N(C)C)CC[C@]2(C)C1. The molecule has 0 aromatic heterocycles. The van der Waals surface area contributed by atoms with E-state index >= 15 is 0 Å². The topological polar surface area (TPSA) is 6.48 Å². The third-order valence-corrected chi connectivity index (χ3v) is 7.72. The molecule has 28 heavy (non-hydrogen) atoms. The first-order valence-corrected chi connectivity index (χ1v) is 12.4. The number of fused-ring (bicyclic) bond motifs is 1. The lowest BCUT2D eigenvalue weighted by Crippen LogP contribution is -2.55. The summed E-state index contributed by atoms with van der Waals surface area (Å²) in [5, 5.41) is 0. The molecule has 0 spiro atoms. The molecule has 0 aromatic carbocycles. The minimum absolute atomic E-state index is 0.305. The zero-order valence-corrected chi connectivity index (χ0v) is 20.2. The molecule has 1 saturated carbocycles. The second kappa shape index (κ2) is 11.2. The smallest absolute Gasteiger partial charge is 0.0178 e. The highest BCUT2D eigenvalue weighted by atomic mass is 15.1. The van der Waals surface area contributed by atoms with Gasteiger partial charge >= 0.3 is 0 Å². The predicted molar refractivity (Wildman–Crippen MR) is 125 cm³/mol. The van der Waals surface area contributed by atoms with Crippen molar-refractivity contribution < 1.29 is 0 Å². The number of hydrogen-bond donors (Lipinski definition) is 0. The molecule has 2 nitrogen and oxygen atoms in total. The minimum atomic E-state index is 0.305. The van der Waals surface area contributed by atoms with Gasteiger partial charge in [-0.3, -0.25) is 4.90 Å². The van der Waals surface area contributed by atoms with E-state index in [4.69, 9.17) is 0 Å². The second-order valence-electron chi connectivity index (χ2n) is 10.8. The minimum Gasteiger partial charge on any atom is -0.306 e. The third-order valence-electron chi connectivity index (χ3n) is 7.72. The van der Waals surface area contributed by atoms with Gasteiger partial charge in [0.2, 0.25) is 0 Å². The molecule has 0 radical (unpaired) electrons. The van der Waals surface area contributed by atoms with Gasteiger partial charge in [-0.2, -0.15) is 0 Å². The van der Waals surface area contributed by atoms with Crippen LogP contribution in [0.15, 0.2) is 11.6 Å².